The summed E-state index contributed by atoms with van der Waals surface area (Å²) in [6, 6.07) is 6.21. The molecule has 22 heavy (non-hydrogen) atoms. The number of hydrogen-bond donors (Lipinski definition) is 1. The fourth-order valence-corrected chi connectivity index (χ4v) is 2.54. The summed E-state index contributed by atoms with van der Waals surface area (Å²) in [5, 5.41) is 9.92. The Labute approximate surface area is 129 Å². The molecule has 1 aromatic carbocycles. The highest BCUT2D eigenvalue weighted by Gasteiger charge is 2.14. The molecule has 118 valence electrons. The van der Waals surface area contributed by atoms with Crippen molar-refractivity contribution in [2.75, 3.05) is 6.61 Å². The first-order valence-corrected chi connectivity index (χ1v) is 7.62. The number of aromatic nitrogens is 1. The van der Waals surface area contributed by atoms with Gasteiger partial charge in [0.1, 0.15) is 5.75 Å². The Kier molecular flexibility index (Phi) is 5.20. The van der Waals surface area contributed by atoms with Crippen LogP contribution in [0.4, 0.5) is 0 Å². The standard InChI is InChI=1S/C17H21NO4/c1-3-5-6-9-18-15(19)8-7-12-10-13(17(20)21)11-14(16(12)18)22-4-2/h7-8,10-11H,3-6,9H2,1-2H3,(H,20,21). The predicted octanol–water partition coefficient (Wildman–Crippen LogP) is 3.29. The van der Waals surface area contributed by atoms with Gasteiger partial charge in [0.05, 0.1) is 17.7 Å². The topological polar surface area (TPSA) is 68.5 Å². The monoisotopic (exact) mass is 303 g/mol. The Hall–Kier alpha value is -2.30. The van der Waals surface area contributed by atoms with Crippen molar-refractivity contribution in [3.05, 3.63) is 40.2 Å². The lowest BCUT2D eigenvalue weighted by molar-refractivity contribution is 0.0696. The second-order valence-corrected chi connectivity index (χ2v) is 5.18. The second kappa shape index (κ2) is 7.11. The second-order valence-electron chi connectivity index (χ2n) is 5.18. The van der Waals surface area contributed by atoms with Gasteiger partial charge in [-0.05, 0) is 31.5 Å². The third kappa shape index (κ3) is 3.30. The van der Waals surface area contributed by atoms with Gasteiger partial charge in [-0.25, -0.2) is 4.79 Å². The van der Waals surface area contributed by atoms with Crippen LogP contribution in [-0.2, 0) is 6.54 Å². The molecule has 0 fully saturated rings. The summed E-state index contributed by atoms with van der Waals surface area (Å²) in [6.07, 6.45) is 3.02. The number of fused-ring (bicyclic) bond motifs is 1. The van der Waals surface area contributed by atoms with Crippen molar-refractivity contribution in [1.29, 1.82) is 0 Å². The van der Waals surface area contributed by atoms with Crippen molar-refractivity contribution >= 4 is 16.9 Å². The van der Waals surface area contributed by atoms with Gasteiger partial charge < -0.3 is 14.4 Å². The van der Waals surface area contributed by atoms with Crippen molar-refractivity contribution < 1.29 is 14.6 Å². The maximum Gasteiger partial charge on any atom is 0.335 e. The predicted molar refractivity (Wildman–Crippen MR) is 85.9 cm³/mol. The molecule has 2 rings (SSSR count). The van der Waals surface area contributed by atoms with Crippen LogP contribution in [0.3, 0.4) is 0 Å². The Morgan fingerprint density at radius 2 is 2.00 bits per heavy atom. The lowest BCUT2D eigenvalue weighted by Crippen LogP contribution is -2.20. The van der Waals surface area contributed by atoms with Gasteiger partial charge in [-0.1, -0.05) is 19.8 Å². The number of aromatic carboxylic acids is 1. The molecular weight excluding hydrogens is 282 g/mol. The van der Waals surface area contributed by atoms with E-state index in [1.54, 1.807) is 16.7 Å². The third-order valence-corrected chi connectivity index (χ3v) is 3.58. The summed E-state index contributed by atoms with van der Waals surface area (Å²) in [4.78, 5) is 23.4. The summed E-state index contributed by atoms with van der Waals surface area (Å²) >= 11 is 0. The van der Waals surface area contributed by atoms with Crippen LogP contribution >= 0.6 is 0 Å². The molecule has 5 nitrogen and oxygen atoms in total. The first-order chi connectivity index (χ1) is 10.6. The minimum absolute atomic E-state index is 0.0902. The average molecular weight is 303 g/mol. The van der Waals surface area contributed by atoms with Gasteiger partial charge in [0, 0.05) is 18.0 Å². The van der Waals surface area contributed by atoms with E-state index < -0.39 is 5.97 Å². The number of unbranched alkanes of at least 4 members (excludes halogenated alkanes) is 2. The van der Waals surface area contributed by atoms with E-state index in [2.05, 4.69) is 6.92 Å². The van der Waals surface area contributed by atoms with Crippen LogP contribution < -0.4 is 10.3 Å². The number of carbonyl (C=O) groups is 1. The zero-order valence-electron chi connectivity index (χ0n) is 13.0. The van der Waals surface area contributed by atoms with Gasteiger partial charge >= 0.3 is 5.97 Å². The van der Waals surface area contributed by atoms with Crippen molar-refractivity contribution in [1.82, 2.24) is 4.57 Å². The molecule has 0 saturated heterocycles. The molecule has 0 radical (unpaired) electrons. The van der Waals surface area contributed by atoms with E-state index in [0.29, 0.717) is 29.8 Å². The van der Waals surface area contributed by atoms with E-state index in [1.807, 2.05) is 6.92 Å². The van der Waals surface area contributed by atoms with Crippen LogP contribution in [0, 0.1) is 0 Å². The molecule has 0 aliphatic carbocycles. The van der Waals surface area contributed by atoms with Gasteiger partial charge in [0.2, 0.25) is 0 Å². The van der Waals surface area contributed by atoms with Crippen LogP contribution in [0.2, 0.25) is 0 Å². The number of pyridine rings is 1. The fourth-order valence-electron chi connectivity index (χ4n) is 2.54. The zero-order chi connectivity index (χ0) is 16.1. The molecule has 1 aromatic heterocycles. The summed E-state index contributed by atoms with van der Waals surface area (Å²) < 4.78 is 7.27. The SMILES string of the molecule is CCCCCn1c(=O)ccc2cc(C(=O)O)cc(OCC)c21. The number of rotatable bonds is 7. The average Bonchev–Trinajstić information content (AvgIpc) is 2.49. The Balaban J connectivity index is 2.64. The van der Waals surface area contributed by atoms with E-state index in [4.69, 9.17) is 4.74 Å². The molecule has 0 amide bonds. The Morgan fingerprint density at radius 1 is 1.23 bits per heavy atom. The van der Waals surface area contributed by atoms with Gasteiger partial charge in [-0.3, -0.25) is 4.79 Å². The molecule has 5 heteroatoms. The summed E-state index contributed by atoms with van der Waals surface area (Å²) in [5.74, 6) is -0.557. The van der Waals surface area contributed by atoms with E-state index in [1.165, 1.54) is 12.1 Å². The number of aryl methyl sites for hydroxylation is 1. The van der Waals surface area contributed by atoms with Crippen molar-refractivity contribution in [3.8, 4) is 5.75 Å². The van der Waals surface area contributed by atoms with Crippen molar-refractivity contribution in [2.24, 2.45) is 0 Å². The lowest BCUT2D eigenvalue weighted by atomic mass is 10.1. The molecule has 0 aliphatic heterocycles. The molecule has 0 unspecified atom stereocenters. The highest BCUT2D eigenvalue weighted by Crippen LogP contribution is 2.27. The van der Waals surface area contributed by atoms with Crippen molar-refractivity contribution in [2.45, 2.75) is 39.7 Å². The summed E-state index contributed by atoms with van der Waals surface area (Å²) in [7, 11) is 0. The molecule has 0 aliphatic rings. The van der Waals surface area contributed by atoms with Crippen LogP contribution in [0.25, 0.3) is 10.9 Å². The number of carboxylic acids is 1. The number of nitrogens with zero attached hydrogens (tertiary/aromatic N) is 1. The molecule has 1 N–H and O–H groups in total. The van der Waals surface area contributed by atoms with Gasteiger partial charge in [0.15, 0.2) is 0 Å². The maximum atomic E-state index is 12.2. The van der Waals surface area contributed by atoms with Crippen LogP contribution in [0.5, 0.6) is 5.75 Å². The normalized spacial score (nSPS) is 10.8. The van der Waals surface area contributed by atoms with E-state index in [0.717, 1.165) is 19.3 Å². The number of benzene rings is 1. The molecule has 2 aromatic rings. The minimum Gasteiger partial charge on any atom is -0.492 e. The first-order valence-electron chi connectivity index (χ1n) is 7.62. The Bertz CT molecular complexity index is 733. The van der Waals surface area contributed by atoms with Crippen molar-refractivity contribution in [3.63, 3.8) is 0 Å². The molecule has 0 bridgehead atoms. The molecule has 0 saturated carbocycles. The molecular formula is C17H21NO4. The van der Waals surface area contributed by atoms with E-state index in [9.17, 15) is 14.7 Å². The largest absolute Gasteiger partial charge is 0.492 e. The highest BCUT2D eigenvalue weighted by atomic mass is 16.5. The first kappa shape index (κ1) is 16.1. The zero-order valence-corrected chi connectivity index (χ0v) is 13.0. The Morgan fingerprint density at radius 3 is 2.64 bits per heavy atom. The third-order valence-electron chi connectivity index (χ3n) is 3.58. The highest BCUT2D eigenvalue weighted by molar-refractivity contribution is 5.96. The van der Waals surface area contributed by atoms with Gasteiger partial charge in [-0.15, -0.1) is 0 Å². The number of hydrogen-bond acceptors (Lipinski definition) is 3. The quantitative estimate of drug-likeness (QED) is 0.797. The minimum atomic E-state index is -1.01. The van der Waals surface area contributed by atoms with Crippen LogP contribution in [0.1, 0.15) is 43.5 Å². The summed E-state index contributed by atoms with van der Waals surface area (Å²) in [6.45, 7) is 4.96. The lowest BCUT2D eigenvalue weighted by Gasteiger charge is -2.15. The van der Waals surface area contributed by atoms with Gasteiger partial charge in [0.25, 0.3) is 5.56 Å². The van der Waals surface area contributed by atoms with Crippen LogP contribution in [0.15, 0.2) is 29.1 Å². The smallest absolute Gasteiger partial charge is 0.335 e. The maximum absolute atomic E-state index is 12.2. The molecule has 0 spiro atoms. The van der Waals surface area contributed by atoms with E-state index >= 15 is 0 Å². The number of ether oxygens (including phenoxy) is 1. The molecule has 1 heterocycles. The fraction of sp³-hybridized carbons (Fsp3) is 0.412. The van der Waals surface area contributed by atoms with Gasteiger partial charge in [-0.2, -0.15) is 0 Å². The summed E-state index contributed by atoms with van der Waals surface area (Å²) in [5.41, 5.74) is 0.748. The number of carboxylic acid groups (broad SMARTS) is 1. The van der Waals surface area contributed by atoms with Crippen LogP contribution in [-0.4, -0.2) is 22.2 Å². The molecule has 0 atom stereocenters. The van der Waals surface area contributed by atoms with E-state index in [-0.39, 0.29) is 11.1 Å².